The maximum atomic E-state index is 12.5. The van der Waals surface area contributed by atoms with Crippen molar-refractivity contribution in [3.05, 3.63) is 65.2 Å². The number of carbonyl (C=O) groups excluding carboxylic acids is 3. The van der Waals surface area contributed by atoms with Crippen molar-refractivity contribution in [3.63, 3.8) is 0 Å². The average Bonchev–Trinajstić information content (AvgIpc) is 3.25. The summed E-state index contributed by atoms with van der Waals surface area (Å²) in [6, 6.07) is 12.9. The van der Waals surface area contributed by atoms with Crippen LogP contribution >= 0.6 is 0 Å². The summed E-state index contributed by atoms with van der Waals surface area (Å²) in [5, 5.41) is 5.61. The minimum atomic E-state index is -0.472. The molecule has 0 saturated carbocycles. The fourth-order valence-electron chi connectivity index (χ4n) is 2.97. The van der Waals surface area contributed by atoms with Crippen LogP contribution in [0.1, 0.15) is 43.9 Å². The van der Waals surface area contributed by atoms with Crippen LogP contribution < -0.4 is 10.6 Å². The molecular weight excluding hydrogens is 360 g/mol. The van der Waals surface area contributed by atoms with Crippen molar-refractivity contribution in [2.75, 3.05) is 25.6 Å². The molecule has 146 valence electrons. The number of esters is 1. The van der Waals surface area contributed by atoms with E-state index in [0.717, 1.165) is 19.4 Å². The van der Waals surface area contributed by atoms with Crippen LogP contribution in [0.3, 0.4) is 0 Å². The first-order valence-corrected chi connectivity index (χ1v) is 9.07. The fraction of sp³-hybridized carbons (Fsp3) is 0.286. The van der Waals surface area contributed by atoms with E-state index in [2.05, 4.69) is 15.4 Å². The van der Waals surface area contributed by atoms with Crippen LogP contribution in [0.15, 0.2) is 48.5 Å². The molecule has 28 heavy (non-hydrogen) atoms. The third kappa shape index (κ3) is 4.75. The Morgan fingerprint density at radius 1 is 1.04 bits per heavy atom. The van der Waals surface area contributed by atoms with Crippen molar-refractivity contribution in [1.29, 1.82) is 0 Å². The summed E-state index contributed by atoms with van der Waals surface area (Å²) in [6.07, 6.45) is 1.97. The monoisotopic (exact) mass is 382 g/mol. The number of benzene rings is 2. The maximum absolute atomic E-state index is 12.5. The zero-order valence-corrected chi connectivity index (χ0v) is 15.6. The molecule has 1 aliphatic heterocycles. The third-order valence-corrected chi connectivity index (χ3v) is 4.50. The highest BCUT2D eigenvalue weighted by molar-refractivity contribution is 6.09. The van der Waals surface area contributed by atoms with Crippen LogP contribution in [0.2, 0.25) is 0 Å². The van der Waals surface area contributed by atoms with E-state index in [0.29, 0.717) is 28.9 Å². The SMILES string of the molecule is COC(=O)c1ccc(C(=O)Nc2ccccc2C(=O)NCC2CCCO2)cc1. The predicted molar refractivity (Wildman–Crippen MR) is 103 cm³/mol. The number of hydrogen-bond acceptors (Lipinski definition) is 5. The molecule has 1 atom stereocenters. The van der Waals surface area contributed by atoms with Crippen molar-refractivity contribution in [2.45, 2.75) is 18.9 Å². The molecular formula is C21H22N2O5. The molecule has 0 aromatic heterocycles. The van der Waals surface area contributed by atoms with Gasteiger partial charge < -0.3 is 20.1 Å². The van der Waals surface area contributed by atoms with E-state index in [1.165, 1.54) is 31.4 Å². The molecule has 2 N–H and O–H groups in total. The smallest absolute Gasteiger partial charge is 0.337 e. The molecule has 0 bridgehead atoms. The van der Waals surface area contributed by atoms with E-state index in [9.17, 15) is 14.4 Å². The van der Waals surface area contributed by atoms with Gasteiger partial charge in [-0.05, 0) is 49.2 Å². The number of nitrogens with one attached hydrogen (secondary N) is 2. The van der Waals surface area contributed by atoms with E-state index < -0.39 is 5.97 Å². The molecule has 2 amide bonds. The summed E-state index contributed by atoms with van der Waals surface area (Å²) in [5.41, 5.74) is 1.50. The second-order valence-corrected chi connectivity index (χ2v) is 6.41. The molecule has 1 fully saturated rings. The lowest BCUT2D eigenvalue weighted by Crippen LogP contribution is -2.32. The van der Waals surface area contributed by atoms with Crippen LogP contribution in [0.5, 0.6) is 0 Å². The Labute approximate surface area is 163 Å². The summed E-state index contributed by atoms with van der Waals surface area (Å²) < 4.78 is 10.2. The molecule has 0 spiro atoms. The summed E-state index contributed by atoms with van der Waals surface area (Å²) in [4.78, 5) is 36.5. The number of rotatable bonds is 6. The lowest BCUT2D eigenvalue weighted by atomic mass is 10.1. The van der Waals surface area contributed by atoms with Crippen molar-refractivity contribution in [1.82, 2.24) is 5.32 Å². The van der Waals surface area contributed by atoms with Gasteiger partial charge in [0.15, 0.2) is 0 Å². The number of hydrogen-bond donors (Lipinski definition) is 2. The quantitative estimate of drug-likeness (QED) is 0.749. The summed E-state index contributed by atoms with van der Waals surface area (Å²) in [5.74, 6) is -1.12. The molecule has 2 aromatic rings. The number of para-hydroxylation sites is 1. The van der Waals surface area contributed by atoms with Crippen LogP contribution in [-0.4, -0.2) is 44.1 Å². The highest BCUT2D eigenvalue weighted by Gasteiger charge is 2.19. The summed E-state index contributed by atoms with van der Waals surface area (Å²) in [6.45, 7) is 1.16. The molecule has 1 saturated heterocycles. The van der Waals surface area contributed by atoms with E-state index in [1.807, 2.05) is 0 Å². The van der Waals surface area contributed by atoms with Crippen LogP contribution in [-0.2, 0) is 9.47 Å². The van der Waals surface area contributed by atoms with E-state index in [-0.39, 0.29) is 17.9 Å². The van der Waals surface area contributed by atoms with Gasteiger partial charge in [-0.3, -0.25) is 9.59 Å². The van der Waals surface area contributed by atoms with Gasteiger partial charge in [0.25, 0.3) is 11.8 Å². The number of ether oxygens (including phenoxy) is 2. The van der Waals surface area contributed by atoms with E-state index in [1.54, 1.807) is 24.3 Å². The lowest BCUT2D eigenvalue weighted by molar-refractivity contribution is 0.0600. The first-order valence-electron chi connectivity index (χ1n) is 9.07. The Bertz CT molecular complexity index is 857. The Kier molecular flexibility index (Phi) is 6.39. The molecule has 1 heterocycles. The Balaban J connectivity index is 1.67. The van der Waals surface area contributed by atoms with Gasteiger partial charge in [0.1, 0.15) is 0 Å². The number of methoxy groups -OCH3 is 1. The van der Waals surface area contributed by atoms with Crippen LogP contribution in [0.4, 0.5) is 5.69 Å². The summed E-state index contributed by atoms with van der Waals surface area (Å²) in [7, 11) is 1.30. The van der Waals surface area contributed by atoms with Gasteiger partial charge in [-0.1, -0.05) is 12.1 Å². The molecule has 1 aliphatic rings. The van der Waals surface area contributed by atoms with E-state index >= 15 is 0 Å². The summed E-state index contributed by atoms with van der Waals surface area (Å²) >= 11 is 0. The number of amides is 2. The third-order valence-electron chi connectivity index (χ3n) is 4.50. The Hall–Kier alpha value is -3.19. The molecule has 1 unspecified atom stereocenters. The van der Waals surface area contributed by atoms with Gasteiger partial charge in [0.05, 0.1) is 30.0 Å². The van der Waals surface area contributed by atoms with Gasteiger partial charge in [0, 0.05) is 18.7 Å². The van der Waals surface area contributed by atoms with Gasteiger partial charge in [-0.2, -0.15) is 0 Å². The Morgan fingerprint density at radius 3 is 2.43 bits per heavy atom. The van der Waals surface area contributed by atoms with Gasteiger partial charge >= 0.3 is 5.97 Å². The minimum Gasteiger partial charge on any atom is -0.465 e. The van der Waals surface area contributed by atoms with Crippen molar-refractivity contribution < 1.29 is 23.9 Å². The topological polar surface area (TPSA) is 93.7 Å². The number of carbonyl (C=O) groups is 3. The number of anilines is 1. The molecule has 7 nitrogen and oxygen atoms in total. The van der Waals surface area contributed by atoms with Crippen molar-refractivity contribution in [2.24, 2.45) is 0 Å². The standard InChI is InChI=1S/C21H22N2O5/c1-27-21(26)15-10-8-14(9-11-15)19(24)23-18-7-3-2-6-17(18)20(25)22-13-16-5-4-12-28-16/h2-3,6-11,16H,4-5,12-13H2,1H3,(H,22,25)(H,23,24). The Morgan fingerprint density at radius 2 is 1.75 bits per heavy atom. The molecule has 0 aliphatic carbocycles. The van der Waals surface area contributed by atoms with Gasteiger partial charge in [-0.15, -0.1) is 0 Å². The first kappa shape index (κ1) is 19.6. The zero-order chi connectivity index (χ0) is 19.9. The first-order chi connectivity index (χ1) is 13.6. The highest BCUT2D eigenvalue weighted by atomic mass is 16.5. The molecule has 0 radical (unpaired) electrons. The molecule has 2 aromatic carbocycles. The fourth-order valence-corrected chi connectivity index (χ4v) is 2.97. The van der Waals surface area contributed by atoms with Crippen molar-refractivity contribution >= 4 is 23.5 Å². The van der Waals surface area contributed by atoms with Gasteiger partial charge in [-0.25, -0.2) is 4.79 Å². The predicted octanol–water partition coefficient (Wildman–Crippen LogP) is 2.63. The normalized spacial score (nSPS) is 15.7. The largest absolute Gasteiger partial charge is 0.465 e. The van der Waals surface area contributed by atoms with Gasteiger partial charge in [0.2, 0.25) is 0 Å². The lowest BCUT2D eigenvalue weighted by Gasteiger charge is -2.14. The van der Waals surface area contributed by atoms with E-state index in [4.69, 9.17) is 4.74 Å². The van der Waals surface area contributed by atoms with Crippen molar-refractivity contribution in [3.8, 4) is 0 Å². The highest BCUT2D eigenvalue weighted by Crippen LogP contribution is 2.17. The molecule has 3 rings (SSSR count). The second kappa shape index (κ2) is 9.14. The zero-order valence-electron chi connectivity index (χ0n) is 15.6. The maximum Gasteiger partial charge on any atom is 0.337 e. The molecule has 7 heteroatoms. The van der Waals surface area contributed by atoms with Crippen LogP contribution in [0, 0.1) is 0 Å². The minimum absolute atomic E-state index is 0.0408. The second-order valence-electron chi connectivity index (χ2n) is 6.41. The van der Waals surface area contributed by atoms with Crippen LogP contribution in [0.25, 0.3) is 0 Å². The average molecular weight is 382 g/mol.